The number of benzene rings is 2. The van der Waals surface area contributed by atoms with Gasteiger partial charge in [-0.05, 0) is 36.8 Å². The van der Waals surface area contributed by atoms with E-state index in [-0.39, 0.29) is 40.0 Å². The molecule has 0 bridgehead atoms. The molecule has 0 saturated carbocycles. The van der Waals surface area contributed by atoms with Crippen molar-refractivity contribution in [2.45, 2.75) is 19.9 Å². The molecule has 202 valence electrons. The summed E-state index contributed by atoms with van der Waals surface area (Å²) in [5.74, 6) is -0.802. The lowest BCUT2D eigenvalue weighted by Gasteiger charge is -2.21. The van der Waals surface area contributed by atoms with Gasteiger partial charge in [0.2, 0.25) is 0 Å². The van der Waals surface area contributed by atoms with Gasteiger partial charge in [0, 0.05) is 36.5 Å². The number of methoxy groups -OCH3 is 2. The highest BCUT2D eigenvalue weighted by molar-refractivity contribution is 5.98. The fraction of sp³-hybridized carbons (Fsp3) is 0.192. The molecule has 1 unspecified atom stereocenters. The van der Waals surface area contributed by atoms with E-state index in [0.717, 1.165) is 10.7 Å². The van der Waals surface area contributed by atoms with Crippen LogP contribution in [0, 0.1) is 18.2 Å². The van der Waals surface area contributed by atoms with Crippen LogP contribution in [-0.2, 0) is 4.79 Å². The average Bonchev–Trinajstić information content (AvgIpc) is 3.28. The molecule has 39 heavy (non-hydrogen) atoms. The molecule has 0 radical (unpaired) electrons. The van der Waals surface area contributed by atoms with Crippen molar-refractivity contribution in [3.63, 3.8) is 0 Å². The fourth-order valence-electron chi connectivity index (χ4n) is 3.94. The van der Waals surface area contributed by atoms with Crippen LogP contribution in [0.5, 0.6) is 17.2 Å². The predicted molar refractivity (Wildman–Crippen MR) is 140 cm³/mol. The second kappa shape index (κ2) is 11.0. The number of ether oxygens (including phenoxy) is 3. The van der Waals surface area contributed by atoms with E-state index in [4.69, 9.17) is 25.4 Å². The number of pyridine rings is 1. The Morgan fingerprint density at radius 2 is 1.87 bits per heavy atom. The van der Waals surface area contributed by atoms with Gasteiger partial charge in [-0.3, -0.25) is 15.2 Å². The fourth-order valence-corrected chi connectivity index (χ4v) is 3.94. The standard InChI is InChI=1S/C26H26FN7O5/c1-13-6-5-9-30-25(13)34-26(36)32-24(33-34)22(17-11-20(37-3)21(38-4)12-18(17)27)31-15-7-8-16(23(28)29)19(10-15)39-14(2)35/h5-12,22,31H,1-4H3,(H3,28,29)(H,32,33,36). The first-order chi connectivity index (χ1) is 18.6. The number of hydrogen-bond donors (Lipinski definition) is 4. The van der Waals surface area contributed by atoms with Crippen molar-refractivity contribution in [1.29, 1.82) is 5.41 Å². The number of carbonyl (C=O) groups excluding carboxylic acids is 1. The zero-order valence-electron chi connectivity index (χ0n) is 21.5. The minimum atomic E-state index is -1.07. The Balaban J connectivity index is 1.88. The molecule has 2 aromatic carbocycles. The van der Waals surface area contributed by atoms with Gasteiger partial charge < -0.3 is 25.3 Å². The molecule has 0 amide bonds. The summed E-state index contributed by atoms with van der Waals surface area (Å²) in [6.07, 6.45) is 1.53. The van der Waals surface area contributed by atoms with Crippen molar-refractivity contribution in [3.8, 4) is 23.1 Å². The summed E-state index contributed by atoms with van der Waals surface area (Å²) in [6.45, 7) is 2.99. The number of nitrogens with one attached hydrogen (secondary N) is 3. The monoisotopic (exact) mass is 535 g/mol. The molecular formula is C26H26FN7O5. The molecule has 4 rings (SSSR count). The summed E-state index contributed by atoms with van der Waals surface area (Å²) in [5, 5.41) is 15.3. The molecule has 0 saturated heterocycles. The maximum Gasteiger partial charge on any atom is 0.349 e. The van der Waals surface area contributed by atoms with Crippen molar-refractivity contribution in [2.75, 3.05) is 19.5 Å². The largest absolute Gasteiger partial charge is 0.493 e. The molecule has 12 nitrogen and oxygen atoms in total. The SMILES string of the molecule is COc1cc(F)c(C(Nc2ccc(C(=N)N)c(OC(C)=O)c2)c2nn(-c3ncccc3C)c(=O)[nH]2)cc1OC. The maximum atomic E-state index is 15.5. The zero-order chi connectivity index (χ0) is 28.3. The number of carbonyl (C=O) groups is 1. The molecule has 0 aliphatic heterocycles. The van der Waals surface area contributed by atoms with E-state index >= 15 is 4.39 Å². The first kappa shape index (κ1) is 26.9. The summed E-state index contributed by atoms with van der Waals surface area (Å²) in [5.41, 5.74) is 6.34. The first-order valence-corrected chi connectivity index (χ1v) is 11.6. The molecular weight excluding hydrogens is 509 g/mol. The van der Waals surface area contributed by atoms with Crippen LogP contribution < -0.4 is 31.0 Å². The Hall–Kier alpha value is -5.20. The van der Waals surface area contributed by atoms with E-state index in [0.29, 0.717) is 17.1 Å². The minimum Gasteiger partial charge on any atom is -0.493 e. The smallest absolute Gasteiger partial charge is 0.349 e. The van der Waals surface area contributed by atoms with Crippen LogP contribution in [0.3, 0.4) is 0 Å². The number of halogens is 1. The van der Waals surface area contributed by atoms with Gasteiger partial charge in [-0.25, -0.2) is 14.2 Å². The molecule has 0 fully saturated rings. The molecule has 0 aliphatic carbocycles. The molecule has 1 atom stereocenters. The number of anilines is 1. The number of esters is 1. The lowest BCUT2D eigenvalue weighted by molar-refractivity contribution is -0.131. The number of aryl methyl sites for hydroxylation is 1. The number of aromatic amines is 1. The Morgan fingerprint density at radius 1 is 1.15 bits per heavy atom. The van der Waals surface area contributed by atoms with Crippen LogP contribution in [0.4, 0.5) is 10.1 Å². The summed E-state index contributed by atoms with van der Waals surface area (Å²) >= 11 is 0. The van der Waals surface area contributed by atoms with Crippen LogP contribution in [0.25, 0.3) is 5.82 Å². The number of H-pyrrole nitrogens is 1. The van der Waals surface area contributed by atoms with Crippen LogP contribution in [0.1, 0.15) is 35.5 Å². The second-order valence-electron chi connectivity index (χ2n) is 8.40. The Bertz CT molecular complexity index is 1610. The average molecular weight is 536 g/mol. The predicted octanol–water partition coefficient (Wildman–Crippen LogP) is 2.83. The molecule has 2 heterocycles. The Kier molecular flexibility index (Phi) is 7.60. The molecule has 5 N–H and O–H groups in total. The quantitative estimate of drug-likeness (QED) is 0.109. The Labute approximate surface area is 222 Å². The van der Waals surface area contributed by atoms with Crippen molar-refractivity contribution >= 4 is 17.5 Å². The number of aromatic nitrogens is 4. The molecule has 13 heteroatoms. The molecule has 4 aromatic rings. The van der Waals surface area contributed by atoms with Gasteiger partial charge in [0.1, 0.15) is 23.4 Å². The second-order valence-corrected chi connectivity index (χ2v) is 8.40. The number of nitrogens with two attached hydrogens (primary N) is 1. The lowest BCUT2D eigenvalue weighted by Crippen LogP contribution is -2.18. The summed E-state index contributed by atoms with van der Waals surface area (Å²) in [7, 11) is 2.79. The third kappa shape index (κ3) is 5.56. The van der Waals surface area contributed by atoms with E-state index in [1.54, 1.807) is 25.1 Å². The van der Waals surface area contributed by atoms with Crippen LogP contribution >= 0.6 is 0 Å². The van der Waals surface area contributed by atoms with Gasteiger partial charge in [-0.15, -0.1) is 5.10 Å². The van der Waals surface area contributed by atoms with Gasteiger partial charge in [0.25, 0.3) is 0 Å². The van der Waals surface area contributed by atoms with Gasteiger partial charge >= 0.3 is 11.7 Å². The summed E-state index contributed by atoms with van der Waals surface area (Å²) < 4.78 is 32.4. The van der Waals surface area contributed by atoms with Crippen LogP contribution in [-0.4, -0.2) is 45.8 Å². The highest BCUT2D eigenvalue weighted by Gasteiger charge is 2.26. The normalized spacial score (nSPS) is 11.5. The highest BCUT2D eigenvalue weighted by Crippen LogP contribution is 2.36. The number of nitrogens with zero attached hydrogens (tertiary/aromatic N) is 3. The maximum absolute atomic E-state index is 15.5. The van der Waals surface area contributed by atoms with E-state index < -0.39 is 23.5 Å². The molecule has 0 aliphatic rings. The van der Waals surface area contributed by atoms with Crippen LogP contribution in [0.15, 0.2) is 53.5 Å². The van der Waals surface area contributed by atoms with Crippen LogP contribution in [0.2, 0.25) is 0 Å². The van der Waals surface area contributed by atoms with E-state index in [1.165, 1.54) is 45.5 Å². The van der Waals surface area contributed by atoms with Gasteiger partial charge in [0.05, 0.1) is 19.8 Å². The number of nitrogen functional groups attached to an aromatic ring is 1. The molecule has 2 aromatic heterocycles. The van der Waals surface area contributed by atoms with Crippen molar-refractivity contribution in [2.24, 2.45) is 5.73 Å². The number of amidine groups is 1. The summed E-state index contributed by atoms with van der Waals surface area (Å²) in [4.78, 5) is 31.5. The van der Waals surface area contributed by atoms with Gasteiger partial charge in [-0.2, -0.15) is 4.68 Å². The van der Waals surface area contributed by atoms with Crippen molar-refractivity contribution < 1.29 is 23.4 Å². The van der Waals surface area contributed by atoms with E-state index in [9.17, 15) is 9.59 Å². The third-order valence-corrected chi connectivity index (χ3v) is 5.74. The number of rotatable bonds is 9. The first-order valence-electron chi connectivity index (χ1n) is 11.6. The van der Waals surface area contributed by atoms with E-state index in [2.05, 4.69) is 20.4 Å². The molecule has 0 spiro atoms. The number of hydrogen-bond acceptors (Lipinski definition) is 9. The minimum absolute atomic E-state index is 0.0228. The highest BCUT2D eigenvalue weighted by atomic mass is 19.1. The van der Waals surface area contributed by atoms with Gasteiger partial charge in [0.15, 0.2) is 23.1 Å². The lowest BCUT2D eigenvalue weighted by atomic mass is 10.0. The zero-order valence-corrected chi connectivity index (χ0v) is 21.5. The third-order valence-electron chi connectivity index (χ3n) is 5.74. The van der Waals surface area contributed by atoms with Crippen molar-refractivity contribution in [3.05, 3.63) is 87.5 Å². The van der Waals surface area contributed by atoms with Gasteiger partial charge in [-0.1, -0.05) is 6.07 Å². The van der Waals surface area contributed by atoms with E-state index in [1.807, 2.05) is 0 Å². The Morgan fingerprint density at radius 3 is 2.51 bits per heavy atom. The summed E-state index contributed by atoms with van der Waals surface area (Å²) in [6, 6.07) is 9.48. The topological polar surface area (TPSA) is 170 Å². The van der Waals surface area contributed by atoms with Crippen molar-refractivity contribution in [1.82, 2.24) is 19.7 Å².